The van der Waals surface area contributed by atoms with Crippen molar-refractivity contribution in [3.8, 4) is 11.1 Å². The van der Waals surface area contributed by atoms with Crippen molar-refractivity contribution in [3.05, 3.63) is 78.6 Å². The molecule has 1 aliphatic rings. The summed E-state index contributed by atoms with van der Waals surface area (Å²) in [5.74, 6) is -0.235. The van der Waals surface area contributed by atoms with Crippen LogP contribution in [-0.2, 0) is 11.2 Å². The van der Waals surface area contributed by atoms with E-state index in [0.29, 0.717) is 31.6 Å². The molecule has 1 aromatic carbocycles. The lowest BCUT2D eigenvalue weighted by molar-refractivity contribution is -0.133. The SMILES string of the molecule is CNC(=O)[C@@]1(Cc2cccc(-c3cccnc3)c2)CCCN(C(=O)c2cnccn2)C1. The van der Waals surface area contributed by atoms with Crippen LogP contribution in [0.2, 0.25) is 0 Å². The van der Waals surface area contributed by atoms with Gasteiger partial charge in [0.25, 0.3) is 5.91 Å². The number of hydrogen-bond acceptors (Lipinski definition) is 5. The average molecular weight is 415 g/mol. The highest BCUT2D eigenvalue weighted by Gasteiger charge is 2.43. The Kier molecular flexibility index (Phi) is 6.02. The van der Waals surface area contributed by atoms with Gasteiger partial charge in [-0.15, -0.1) is 0 Å². The lowest BCUT2D eigenvalue weighted by atomic mass is 9.74. The minimum Gasteiger partial charge on any atom is -0.359 e. The summed E-state index contributed by atoms with van der Waals surface area (Å²) >= 11 is 0. The summed E-state index contributed by atoms with van der Waals surface area (Å²) in [5, 5.41) is 2.83. The van der Waals surface area contributed by atoms with Gasteiger partial charge in [0.05, 0.1) is 11.6 Å². The zero-order valence-corrected chi connectivity index (χ0v) is 17.5. The average Bonchev–Trinajstić information content (AvgIpc) is 2.84. The van der Waals surface area contributed by atoms with Crippen LogP contribution in [0.5, 0.6) is 0 Å². The number of nitrogens with one attached hydrogen (secondary N) is 1. The van der Waals surface area contributed by atoms with Gasteiger partial charge in [0.2, 0.25) is 5.91 Å². The summed E-state index contributed by atoms with van der Waals surface area (Å²) in [6.07, 6.45) is 10.1. The fraction of sp³-hybridized carbons (Fsp3) is 0.292. The molecule has 1 fully saturated rings. The van der Waals surface area contributed by atoms with Crippen molar-refractivity contribution in [1.29, 1.82) is 0 Å². The van der Waals surface area contributed by atoms with Gasteiger partial charge in [0.1, 0.15) is 5.69 Å². The third-order valence-corrected chi connectivity index (χ3v) is 5.82. The number of aromatic nitrogens is 3. The molecule has 0 unspecified atom stereocenters. The Bertz CT molecular complexity index is 1060. The van der Waals surface area contributed by atoms with Gasteiger partial charge in [-0.1, -0.05) is 30.3 Å². The molecule has 0 radical (unpaired) electrons. The minimum absolute atomic E-state index is 0.0454. The second kappa shape index (κ2) is 9.04. The summed E-state index contributed by atoms with van der Waals surface area (Å²) in [6, 6.07) is 12.1. The summed E-state index contributed by atoms with van der Waals surface area (Å²) in [4.78, 5) is 40.1. The molecule has 1 N–H and O–H groups in total. The zero-order chi connectivity index (χ0) is 21.7. The van der Waals surface area contributed by atoms with E-state index in [-0.39, 0.29) is 11.8 Å². The predicted octanol–water partition coefficient (Wildman–Crippen LogP) is 2.75. The van der Waals surface area contributed by atoms with E-state index in [0.717, 1.165) is 23.1 Å². The number of benzene rings is 1. The standard InChI is InChI=1S/C24H25N5O2/c1-25-23(31)24(8-4-12-29(17-24)22(30)21-16-27-10-11-28-21)14-18-5-2-6-19(13-18)20-7-3-9-26-15-20/h2-3,5-7,9-11,13,15-16H,4,8,12,14,17H2,1H3,(H,25,31)/t24-/m1/s1. The van der Waals surface area contributed by atoms with Gasteiger partial charge in [-0.05, 0) is 42.0 Å². The van der Waals surface area contributed by atoms with E-state index in [9.17, 15) is 9.59 Å². The van der Waals surface area contributed by atoms with Gasteiger partial charge in [-0.3, -0.25) is 19.6 Å². The van der Waals surface area contributed by atoms with E-state index in [1.165, 1.54) is 18.6 Å². The third-order valence-electron chi connectivity index (χ3n) is 5.82. The largest absolute Gasteiger partial charge is 0.359 e. The van der Waals surface area contributed by atoms with Crippen LogP contribution in [0.1, 0.15) is 28.9 Å². The molecule has 2 amide bonds. The van der Waals surface area contributed by atoms with Crippen LogP contribution in [0.25, 0.3) is 11.1 Å². The lowest BCUT2D eigenvalue weighted by Crippen LogP contribution is -2.54. The van der Waals surface area contributed by atoms with Crippen molar-refractivity contribution in [3.63, 3.8) is 0 Å². The fourth-order valence-electron chi connectivity index (χ4n) is 4.34. The normalized spacial score (nSPS) is 18.4. The molecule has 1 atom stereocenters. The molecular weight excluding hydrogens is 390 g/mol. The van der Waals surface area contributed by atoms with Crippen molar-refractivity contribution < 1.29 is 9.59 Å². The third kappa shape index (κ3) is 4.45. The van der Waals surface area contributed by atoms with Gasteiger partial charge in [0.15, 0.2) is 0 Å². The molecule has 1 aliphatic heterocycles. The Morgan fingerprint density at radius 3 is 2.65 bits per heavy atom. The maximum atomic E-state index is 13.1. The summed E-state index contributed by atoms with van der Waals surface area (Å²) in [7, 11) is 1.65. The molecule has 0 saturated carbocycles. The summed E-state index contributed by atoms with van der Waals surface area (Å²) < 4.78 is 0. The fourth-order valence-corrected chi connectivity index (χ4v) is 4.34. The zero-order valence-electron chi connectivity index (χ0n) is 17.5. The molecule has 2 aromatic heterocycles. The van der Waals surface area contributed by atoms with Gasteiger partial charge in [-0.25, -0.2) is 4.98 Å². The lowest BCUT2D eigenvalue weighted by Gasteiger charge is -2.41. The van der Waals surface area contributed by atoms with E-state index in [2.05, 4.69) is 26.3 Å². The van der Waals surface area contributed by atoms with Crippen molar-refractivity contribution in [2.45, 2.75) is 19.3 Å². The number of rotatable bonds is 5. The Morgan fingerprint density at radius 2 is 1.90 bits per heavy atom. The van der Waals surface area contributed by atoms with Gasteiger partial charge < -0.3 is 10.2 Å². The monoisotopic (exact) mass is 415 g/mol. The minimum atomic E-state index is -0.696. The maximum absolute atomic E-state index is 13.1. The number of carbonyl (C=O) groups excluding carboxylic acids is 2. The number of pyridine rings is 1. The second-order valence-corrected chi connectivity index (χ2v) is 7.90. The van der Waals surface area contributed by atoms with Crippen molar-refractivity contribution in [1.82, 2.24) is 25.2 Å². The molecule has 7 nitrogen and oxygen atoms in total. The predicted molar refractivity (Wildman–Crippen MR) is 117 cm³/mol. The van der Waals surface area contributed by atoms with Gasteiger partial charge in [-0.2, -0.15) is 0 Å². The van der Waals surface area contributed by atoms with Crippen LogP contribution >= 0.6 is 0 Å². The number of nitrogens with zero attached hydrogens (tertiary/aromatic N) is 4. The topological polar surface area (TPSA) is 88.1 Å². The first-order chi connectivity index (χ1) is 15.1. The number of hydrogen-bond donors (Lipinski definition) is 1. The molecule has 7 heteroatoms. The molecule has 1 saturated heterocycles. The molecule has 0 bridgehead atoms. The molecule has 3 aromatic rings. The highest BCUT2D eigenvalue weighted by atomic mass is 16.2. The Hall–Kier alpha value is -3.61. The van der Waals surface area contributed by atoms with Crippen LogP contribution in [-0.4, -0.2) is 51.8 Å². The molecule has 0 spiro atoms. The van der Waals surface area contributed by atoms with Crippen molar-refractivity contribution in [2.24, 2.45) is 5.41 Å². The number of carbonyl (C=O) groups is 2. The Morgan fingerprint density at radius 1 is 1.06 bits per heavy atom. The van der Waals surface area contributed by atoms with Crippen LogP contribution < -0.4 is 5.32 Å². The maximum Gasteiger partial charge on any atom is 0.274 e. The first kappa shape index (κ1) is 20.7. The molecule has 4 rings (SSSR count). The van der Waals surface area contributed by atoms with E-state index < -0.39 is 5.41 Å². The first-order valence-electron chi connectivity index (χ1n) is 10.4. The van der Waals surface area contributed by atoms with Crippen LogP contribution in [0.15, 0.2) is 67.4 Å². The highest BCUT2D eigenvalue weighted by molar-refractivity contribution is 5.93. The van der Waals surface area contributed by atoms with E-state index >= 15 is 0 Å². The molecule has 3 heterocycles. The number of likely N-dealkylation sites (tertiary alicyclic amines) is 1. The van der Waals surface area contributed by atoms with Gasteiger partial charge >= 0.3 is 0 Å². The molecule has 0 aliphatic carbocycles. The van der Waals surface area contributed by atoms with Gasteiger partial charge in [0, 0.05) is 44.9 Å². The first-order valence-corrected chi connectivity index (χ1v) is 10.4. The summed E-state index contributed by atoms with van der Waals surface area (Å²) in [5.41, 5.74) is 2.74. The van der Waals surface area contributed by atoms with Crippen LogP contribution in [0, 0.1) is 5.41 Å². The molecule has 31 heavy (non-hydrogen) atoms. The van der Waals surface area contributed by atoms with Crippen LogP contribution in [0.3, 0.4) is 0 Å². The number of piperidine rings is 1. The molecular formula is C24H25N5O2. The van der Waals surface area contributed by atoms with Crippen molar-refractivity contribution in [2.75, 3.05) is 20.1 Å². The summed E-state index contributed by atoms with van der Waals surface area (Å²) in [6.45, 7) is 0.947. The quantitative estimate of drug-likeness (QED) is 0.692. The molecule has 158 valence electrons. The van der Waals surface area contributed by atoms with Crippen molar-refractivity contribution >= 4 is 11.8 Å². The Balaban J connectivity index is 1.61. The smallest absolute Gasteiger partial charge is 0.274 e. The van der Waals surface area contributed by atoms with Crippen LogP contribution in [0.4, 0.5) is 0 Å². The Labute approximate surface area is 181 Å². The van der Waals surface area contributed by atoms with E-state index in [4.69, 9.17) is 0 Å². The highest BCUT2D eigenvalue weighted by Crippen LogP contribution is 2.35. The number of amides is 2. The van der Waals surface area contributed by atoms with E-state index in [1.807, 2.05) is 36.5 Å². The van der Waals surface area contributed by atoms with E-state index in [1.54, 1.807) is 18.1 Å². The second-order valence-electron chi connectivity index (χ2n) is 7.90.